The van der Waals surface area contributed by atoms with Crippen molar-refractivity contribution in [3.05, 3.63) is 29.8 Å². The molecule has 0 heterocycles. The van der Waals surface area contributed by atoms with Crippen LogP contribution in [0.2, 0.25) is 0 Å². The van der Waals surface area contributed by atoms with E-state index in [9.17, 15) is 9.59 Å². The van der Waals surface area contributed by atoms with Crippen LogP contribution in [0.4, 0.5) is 10.5 Å². The summed E-state index contributed by atoms with van der Waals surface area (Å²) >= 11 is 0. The van der Waals surface area contributed by atoms with Crippen LogP contribution in [0.25, 0.3) is 0 Å². The van der Waals surface area contributed by atoms with Gasteiger partial charge < -0.3 is 10.4 Å². The van der Waals surface area contributed by atoms with Gasteiger partial charge in [0.05, 0.1) is 0 Å². The summed E-state index contributed by atoms with van der Waals surface area (Å²) in [6, 6.07) is 6.38. The summed E-state index contributed by atoms with van der Waals surface area (Å²) in [5, 5.41) is 11.6. The van der Waals surface area contributed by atoms with Crippen molar-refractivity contribution in [2.45, 2.75) is 39.2 Å². The lowest BCUT2D eigenvalue weighted by atomic mass is 10.1. The van der Waals surface area contributed by atoms with Crippen molar-refractivity contribution in [1.82, 2.24) is 5.32 Å². The minimum atomic E-state index is -1.00. The molecule has 0 fully saturated rings. The van der Waals surface area contributed by atoms with Gasteiger partial charge in [0.15, 0.2) is 0 Å². The molecule has 0 aliphatic carbocycles. The summed E-state index contributed by atoms with van der Waals surface area (Å²) in [5.74, 6) is -1.00. The highest BCUT2D eigenvalue weighted by Gasteiger charge is 2.21. The Kier molecular flexibility index (Phi) is 6.03. The van der Waals surface area contributed by atoms with Gasteiger partial charge in [0.25, 0.3) is 0 Å². The van der Waals surface area contributed by atoms with Crippen molar-refractivity contribution in [1.29, 1.82) is 0 Å². The molecule has 1 aromatic carbocycles. The summed E-state index contributed by atoms with van der Waals surface area (Å²) in [5.41, 5.74) is 1.93. The minimum absolute atomic E-state index is 0.407. The molecule has 0 aliphatic rings. The van der Waals surface area contributed by atoms with E-state index in [2.05, 4.69) is 12.2 Å². The highest BCUT2D eigenvalue weighted by molar-refractivity contribution is 5.93. The van der Waals surface area contributed by atoms with E-state index in [1.807, 2.05) is 31.2 Å². The molecular weight excluding hydrogens is 256 g/mol. The fourth-order valence-electron chi connectivity index (χ4n) is 1.86. The number of aliphatic carboxylic acids is 1. The smallest absolute Gasteiger partial charge is 0.326 e. The molecule has 20 heavy (non-hydrogen) atoms. The molecule has 0 bridgehead atoms. The SMILES string of the molecule is CCCC(NC(=O)N(C)c1ccc(CC)cc1)C(=O)O. The Morgan fingerprint density at radius 1 is 1.25 bits per heavy atom. The number of nitrogens with zero attached hydrogens (tertiary/aromatic N) is 1. The maximum Gasteiger partial charge on any atom is 0.326 e. The van der Waals surface area contributed by atoms with Crippen molar-refractivity contribution < 1.29 is 14.7 Å². The third kappa shape index (κ3) is 4.26. The molecule has 0 saturated carbocycles. The van der Waals surface area contributed by atoms with Crippen molar-refractivity contribution in [3.8, 4) is 0 Å². The molecule has 2 N–H and O–H groups in total. The first-order valence-electron chi connectivity index (χ1n) is 6.85. The molecule has 0 aliphatic heterocycles. The van der Waals surface area contributed by atoms with Crippen LogP contribution in [0.15, 0.2) is 24.3 Å². The Morgan fingerprint density at radius 3 is 2.30 bits per heavy atom. The number of carboxylic acids is 1. The summed E-state index contributed by atoms with van der Waals surface area (Å²) in [6.45, 7) is 3.95. The maximum atomic E-state index is 12.0. The third-order valence-electron chi connectivity index (χ3n) is 3.21. The van der Waals surface area contributed by atoms with E-state index in [-0.39, 0.29) is 0 Å². The number of hydrogen-bond donors (Lipinski definition) is 2. The lowest BCUT2D eigenvalue weighted by Gasteiger charge is -2.21. The fourth-order valence-corrected chi connectivity index (χ4v) is 1.86. The number of carboxylic acid groups (broad SMARTS) is 1. The van der Waals surface area contributed by atoms with E-state index in [1.54, 1.807) is 7.05 Å². The van der Waals surface area contributed by atoms with Gasteiger partial charge in [-0.25, -0.2) is 9.59 Å². The Labute approximate surface area is 119 Å². The van der Waals surface area contributed by atoms with Gasteiger partial charge in [0, 0.05) is 12.7 Å². The Hall–Kier alpha value is -2.04. The predicted octanol–water partition coefficient (Wildman–Crippen LogP) is 2.65. The van der Waals surface area contributed by atoms with E-state index in [0.29, 0.717) is 12.8 Å². The topological polar surface area (TPSA) is 69.6 Å². The van der Waals surface area contributed by atoms with Gasteiger partial charge in [0.2, 0.25) is 0 Å². The van der Waals surface area contributed by atoms with E-state index < -0.39 is 18.0 Å². The van der Waals surface area contributed by atoms with Crippen LogP contribution in [0.5, 0.6) is 0 Å². The number of carbonyl (C=O) groups excluding carboxylic acids is 1. The standard InChI is InChI=1S/C15H22N2O3/c1-4-6-13(14(18)19)16-15(20)17(3)12-9-7-11(5-2)8-10-12/h7-10,13H,4-6H2,1-3H3,(H,16,20)(H,18,19). The summed E-state index contributed by atoms with van der Waals surface area (Å²) < 4.78 is 0. The highest BCUT2D eigenvalue weighted by Crippen LogP contribution is 2.14. The van der Waals surface area contributed by atoms with Gasteiger partial charge in [0.1, 0.15) is 6.04 Å². The van der Waals surface area contributed by atoms with Gasteiger partial charge >= 0.3 is 12.0 Å². The molecule has 1 rings (SSSR count). The maximum absolute atomic E-state index is 12.0. The van der Waals surface area contributed by atoms with E-state index in [4.69, 9.17) is 5.11 Å². The average Bonchev–Trinajstić information content (AvgIpc) is 2.45. The van der Waals surface area contributed by atoms with Crippen LogP contribution in [0.1, 0.15) is 32.3 Å². The molecule has 0 radical (unpaired) electrons. The van der Waals surface area contributed by atoms with Gasteiger partial charge in [-0.3, -0.25) is 4.90 Å². The van der Waals surface area contributed by atoms with Crippen molar-refractivity contribution in [2.75, 3.05) is 11.9 Å². The molecule has 1 atom stereocenters. The number of benzene rings is 1. The van der Waals surface area contributed by atoms with Crippen LogP contribution < -0.4 is 10.2 Å². The summed E-state index contributed by atoms with van der Waals surface area (Å²) in [7, 11) is 1.63. The second-order valence-corrected chi connectivity index (χ2v) is 4.71. The van der Waals surface area contributed by atoms with Crippen molar-refractivity contribution in [2.24, 2.45) is 0 Å². The minimum Gasteiger partial charge on any atom is -0.480 e. The first kappa shape index (κ1) is 16.0. The lowest BCUT2D eigenvalue weighted by molar-refractivity contribution is -0.139. The van der Waals surface area contributed by atoms with Gasteiger partial charge in [-0.2, -0.15) is 0 Å². The summed E-state index contributed by atoms with van der Waals surface area (Å²) in [4.78, 5) is 24.5. The average molecular weight is 278 g/mol. The Bertz CT molecular complexity index is 457. The van der Waals surface area contributed by atoms with Crippen LogP contribution in [-0.4, -0.2) is 30.2 Å². The first-order valence-corrected chi connectivity index (χ1v) is 6.85. The Balaban J connectivity index is 2.71. The van der Waals surface area contributed by atoms with E-state index in [1.165, 1.54) is 10.5 Å². The quantitative estimate of drug-likeness (QED) is 0.840. The molecule has 5 heteroatoms. The van der Waals surface area contributed by atoms with Gasteiger partial charge in [-0.15, -0.1) is 0 Å². The number of hydrogen-bond acceptors (Lipinski definition) is 2. The number of rotatable bonds is 6. The predicted molar refractivity (Wildman–Crippen MR) is 79.1 cm³/mol. The molecule has 0 aromatic heterocycles. The van der Waals surface area contributed by atoms with Crippen molar-refractivity contribution in [3.63, 3.8) is 0 Å². The molecule has 0 saturated heterocycles. The molecule has 1 aromatic rings. The zero-order valence-corrected chi connectivity index (χ0v) is 12.2. The Morgan fingerprint density at radius 2 is 1.85 bits per heavy atom. The number of nitrogens with one attached hydrogen (secondary N) is 1. The van der Waals surface area contributed by atoms with Gasteiger partial charge in [-0.05, 0) is 30.5 Å². The largest absolute Gasteiger partial charge is 0.480 e. The van der Waals surface area contributed by atoms with E-state index >= 15 is 0 Å². The lowest BCUT2D eigenvalue weighted by Crippen LogP contribution is -2.46. The van der Waals surface area contributed by atoms with Crippen LogP contribution in [0, 0.1) is 0 Å². The van der Waals surface area contributed by atoms with Crippen LogP contribution in [0.3, 0.4) is 0 Å². The van der Waals surface area contributed by atoms with Crippen LogP contribution in [-0.2, 0) is 11.2 Å². The number of carbonyl (C=O) groups is 2. The third-order valence-corrected chi connectivity index (χ3v) is 3.21. The number of amides is 2. The molecule has 5 nitrogen and oxygen atoms in total. The first-order chi connectivity index (χ1) is 9.49. The monoisotopic (exact) mass is 278 g/mol. The fraction of sp³-hybridized carbons (Fsp3) is 0.467. The normalized spacial score (nSPS) is 11.8. The second-order valence-electron chi connectivity index (χ2n) is 4.71. The summed E-state index contributed by atoms with van der Waals surface area (Å²) in [6.07, 6.45) is 2.06. The molecule has 1 unspecified atom stereocenters. The number of anilines is 1. The van der Waals surface area contributed by atoms with Crippen LogP contribution >= 0.6 is 0 Å². The number of aryl methyl sites for hydroxylation is 1. The molecular formula is C15H22N2O3. The van der Waals surface area contributed by atoms with Crippen molar-refractivity contribution >= 4 is 17.7 Å². The molecule has 110 valence electrons. The highest BCUT2D eigenvalue weighted by atomic mass is 16.4. The number of urea groups is 1. The molecule has 0 spiro atoms. The molecule has 2 amide bonds. The zero-order valence-electron chi connectivity index (χ0n) is 12.2. The second kappa shape index (κ2) is 7.53. The van der Waals surface area contributed by atoms with Gasteiger partial charge in [-0.1, -0.05) is 32.4 Å². The zero-order chi connectivity index (χ0) is 15.1. The van der Waals surface area contributed by atoms with E-state index in [0.717, 1.165) is 12.1 Å².